The Kier molecular flexibility index (Phi) is 8.14. The summed E-state index contributed by atoms with van der Waals surface area (Å²) < 4.78 is 18.7. The van der Waals surface area contributed by atoms with Crippen molar-refractivity contribution in [1.29, 1.82) is 0 Å². The van der Waals surface area contributed by atoms with E-state index in [1.807, 2.05) is 30.3 Å². The van der Waals surface area contributed by atoms with E-state index in [2.05, 4.69) is 25.9 Å². The molecule has 0 spiro atoms. The SMILES string of the molecule is CN=C(NCCc1cccc(C(=O)NC)c1)NCc1ccnc(Oc2ccc(F)cc2)c1. The van der Waals surface area contributed by atoms with Crippen LogP contribution in [-0.2, 0) is 13.0 Å². The van der Waals surface area contributed by atoms with Crippen molar-refractivity contribution in [3.05, 3.63) is 89.4 Å². The highest BCUT2D eigenvalue weighted by molar-refractivity contribution is 5.94. The Hall–Kier alpha value is -3.94. The summed E-state index contributed by atoms with van der Waals surface area (Å²) in [7, 11) is 3.32. The number of pyridine rings is 1. The number of halogens is 1. The quantitative estimate of drug-likeness (QED) is 0.373. The number of amides is 1. The van der Waals surface area contributed by atoms with E-state index in [4.69, 9.17) is 4.74 Å². The predicted octanol–water partition coefficient (Wildman–Crippen LogP) is 3.28. The predicted molar refractivity (Wildman–Crippen MR) is 122 cm³/mol. The lowest BCUT2D eigenvalue weighted by Gasteiger charge is -2.13. The number of hydrogen-bond donors (Lipinski definition) is 3. The van der Waals surface area contributed by atoms with Crippen LogP contribution in [-0.4, -0.2) is 37.5 Å². The second-order valence-corrected chi connectivity index (χ2v) is 6.94. The fourth-order valence-corrected chi connectivity index (χ4v) is 2.98. The third-order valence-electron chi connectivity index (χ3n) is 4.64. The average Bonchev–Trinajstić information content (AvgIpc) is 2.82. The molecule has 7 nitrogen and oxygen atoms in total. The summed E-state index contributed by atoms with van der Waals surface area (Å²) in [5, 5.41) is 9.15. The summed E-state index contributed by atoms with van der Waals surface area (Å²) in [4.78, 5) is 20.2. The fraction of sp³-hybridized carbons (Fsp3) is 0.208. The summed E-state index contributed by atoms with van der Waals surface area (Å²) in [5.41, 5.74) is 2.66. The molecule has 3 aromatic rings. The van der Waals surface area contributed by atoms with Crippen molar-refractivity contribution in [2.75, 3.05) is 20.6 Å². The third-order valence-corrected chi connectivity index (χ3v) is 4.64. The van der Waals surface area contributed by atoms with Gasteiger partial charge in [0, 0.05) is 45.0 Å². The molecular weight excluding hydrogens is 409 g/mol. The molecule has 0 saturated heterocycles. The lowest BCUT2D eigenvalue weighted by atomic mass is 10.1. The molecule has 0 atom stereocenters. The van der Waals surface area contributed by atoms with Gasteiger partial charge in [0.1, 0.15) is 11.6 Å². The van der Waals surface area contributed by atoms with E-state index in [-0.39, 0.29) is 11.7 Å². The Balaban J connectivity index is 1.49. The van der Waals surface area contributed by atoms with Crippen molar-refractivity contribution >= 4 is 11.9 Å². The second kappa shape index (κ2) is 11.5. The van der Waals surface area contributed by atoms with E-state index in [1.165, 1.54) is 12.1 Å². The number of benzene rings is 2. The van der Waals surface area contributed by atoms with Gasteiger partial charge < -0.3 is 20.7 Å². The number of rotatable bonds is 8. The molecule has 1 heterocycles. The van der Waals surface area contributed by atoms with Gasteiger partial charge in [0.05, 0.1) is 0 Å². The first-order valence-electron chi connectivity index (χ1n) is 10.2. The van der Waals surface area contributed by atoms with Crippen molar-refractivity contribution < 1.29 is 13.9 Å². The van der Waals surface area contributed by atoms with Crippen LogP contribution in [0.15, 0.2) is 71.9 Å². The van der Waals surface area contributed by atoms with Crippen molar-refractivity contribution in [3.8, 4) is 11.6 Å². The third kappa shape index (κ3) is 6.80. The maximum atomic E-state index is 13.0. The van der Waals surface area contributed by atoms with Gasteiger partial charge in [0.2, 0.25) is 5.88 Å². The fourth-order valence-electron chi connectivity index (χ4n) is 2.98. The lowest BCUT2D eigenvalue weighted by Crippen LogP contribution is -2.37. The minimum absolute atomic E-state index is 0.0996. The van der Waals surface area contributed by atoms with Gasteiger partial charge in [-0.3, -0.25) is 9.79 Å². The Bertz CT molecular complexity index is 1070. The van der Waals surface area contributed by atoms with E-state index in [0.29, 0.717) is 36.2 Å². The molecule has 32 heavy (non-hydrogen) atoms. The Morgan fingerprint density at radius 1 is 1.06 bits per heavy atom. The van der Waals surface area contributed by atoms with Gasteiger partial charge in [-0.25, -0.2) is 9.37 Å². The monoisotopic (exact) mass is 435 g/mol. The van der Waals surface area contributed by atoms with Gasteiger partial charge in [0.25, 0.3) is 5.91 Å². The van der Waals surface area contributed by atoms with E-state index in [1.54, 1.807) is 38.5 Å². The maximum absolute atomic E-state index is 13.0. The van der Waals surface area contributed by atoms with E-state index >= 15 is 0 Å². The van der Waals surface area contributed by atoms with Crippen molar-refractivity contribution in [2.45, 2.75) is 13.0 Å². The highest BCUT2D eigenvalue weighted by Crippen LogP contribution is 2.20. The number of nitrogens with zero attached hydrogens (tertiary/aromatic N) is 2. The molecule has 0 aliphatic heterocycles. The van der Waals surface area contributed by atoms with Crippen LogP contribution in [0.5, 0.6) is 11.6 Å². The van der Waals surface area contributed by atoms with Crippen molar-refractivity contribution in [3.63, 3.8) is 0 Å². The van der Waals surface area contributed by atoms with Gasteiger partial charge >= 0.3 is 0 Å². The highest BCUT2D eigenvalue weighted by atomic mass is 19.1. The molecule has 1 aromatic heterocycles. The zero-order chi connectivity index (χ0) is 22.8. The zero-order valence-electron chi connectivity index (χ0n) is 18.1. The molecule has 1 amide bonds. The first-order valence-corrected chi connectivity index (χ1v) is 10.2. The van der Waals surface area contributed by atoms with Gasteiger partial charge in [0.15, 0.2) is 5.96 Å². The number of carbonyl (C=O) groups is 1. The van der Waals surface area contributed by atoms with Crippen LogP contribution in [0.1, 0.15) is 21.5 Å². The first kappa shape index (κ1) is 22.7. The number of hydrogen-bond acceptors (Lipinski definition) is 4. The first-order chi connectivity index (χ1) is 15.6. The van der Waals surface area contributed by atoms with Crippen LogP contribution in [0.4, 0.5) is 4.39 Å². The topological polar surface area (TPSA) is 87.6 Å². The second-order valence-electron chi connectivity index (χ2n) is 6.94. The van der Waals surface area contributed by atoms with Crippen LogP contribution in [0, 0.1) is 5.82 Å². The molecule has 0 saturated carbocycles. The average molecular weight is 436 g/mol. The van der Waals surface area contributed by atoms with Gasteiger partial charge in [-0.1, -0.05) is 12.1 Å². The zero-order valence-corrected chi connectivity index (χ0v) is 18.1. The van der Waals surface area contributed by atoms with E-state index in [9.17, 15) is 9.18 Å². The molecule has 0 aliphatic carbocycles. The minimum atomic E-state index is -0.318. The number of ether oxygens (including phenoxy) is 1. The molecule has 3 N–H and O–H groups in total. The Morgan fingerprint density at radius 2 is 1.88 bits per heavy atom. The van der Waals surface area contributed by atoms with Crippen LogP contribution in [0.3, 0.4) is 0 Å². The molecule has 0 bridgehead atoms. The Morgan fingerprint density at radius 3 is 2.62 bits per heavy atom. The van der Waals surface area contributed by atoms with E-state index in [0.717, 1.165) is 17.5 Å². The van der Waals surface area contributed by atoms with Crippen LogP contribution < -0.4 is 20.7 Å². The van der Waals surface area contributed by atoms with Crippen molar-refractivity contribution in [2.24, 2.45) is 4.99 Å². The number of aliphatic imine (C=N–C) groups is 1. The molecular formula is C24H26FN5O2. The molecule has 3 rings (SSSR count). The van der Waals surface area contributed by atoms with Crippen molar-refractivity contribution in [1.82, 2.24) is 20.9 Å². The Labute approximate surface area is 186 Å². The molecule has 0 radical (unpaired) electrons. The van der Waals surface area contributed by atoms with Gasteiger partial charge in [-0.2, -0.15) is 0 Å². The number of guanidine groups is 1. The highest BCUT2D eigenvalue weighted by Gasteiger charge is 2.05. The summed E-state index contributed by atoms with van der Waals surface area (Å²) >= 11 is 0. The maximum Gasteiger partial charge on any atom is 0.251 e. The largest absolute Gasteiger partial charge is 0.439 e. The molecule has 0 fully saturated rings. The number of aromatic nitrogens is 1. The minimum Gasteiger partial charge on any atom is -0.439 e. The molecule has 166 valence electrons. The molecule has 8 heteroatoms. The summed E-state index contributed by atoms with van der Waals surface area (Å²) in [6.45, 7) is 1.18. The standard InChI is InChI=1S/C24H26FN5O2/c1-26-23(31)19-5-3-4-17(14-19)10-13-29-24(27-2)30-16-18-11-12-28-22(15-18)32-21-8-6-20(25)7-9-21/h3-9,11-12,14-15H,10,13,16H2,1-2H3,(H,26,31)(H2,27,29,30). The summed E-state index contributed by atoms with van der Waals surface area (Å²) in [6.07, 6.45) is 2.40. The molecule has 0 aliphatic rings. The van der Waals surface area contributed by atoms with Crippen LogP contribution >= 0.6 is 0 Å². The van der Waals surface area contributed by atoms with E-state index < -0.39 is 0 Å². The summed E-state index contributed by atoms with van der Waals surface area (Å²) in [6, 6.07) is 17.0. The van der Waals surface area contributed by atoms with Gasteiger partial charge in [-0.05, 0) is 60.0 Å². The smallest absolute Gasteiger partial charge is 0.251 e. The molecule has 2 aromatic carbocycles. The normalized spacial score (nSPS) is 11.0. The van der Waals surface area contributed by atoms with Crippen LogP contribution in [0.25, 0.3) is 0 Å². The molecule has 0 unspecified atom stereocenters. The number of carbonyl (C=O) groups excluding carboxylic acids is 1. The number of nitrogens with one attached hydrogen (secondary N) is 3. The van der Waals surface area contributed by atoms with Crippen LogP contribution in [0.2, 0.25) is 0 Å². The lowest BCUT2D eigenvalue weighted by molar-refractivity contribution is 0.0963. The van der Waals surface area contributed by atoms with Gasteiger partial charge in [-0.15, -0.1) is 0 Å². The summed E-state index contributed by atoms with van der Waals surface area (Å²) in [5.74, 6) is 1.18.